The van der Waals surface area contributed by atoms with Gasteiger partial charge in [0, 0.05) is 30.0 Å². The minimum atomic E-state index is -0.500. The molecule has 1 aromatic heterocycles. The van der Waals surface area contributed by atoms with Crippen molar-refractivity contribution in [3.8, 4) is 11.5 Å². The zero-order valence-corrected chi connectivity index (χ0v) is 17.0. The second kappa shape index (κ2) is 8.59. The molecule has 0 bridgehead atoms. The average Bonchev–Trinajstić information content (AvgIpc) is 3.32. The first-order chi connectivity index (χ1) is 14.6. The number of rotatable bonds is 6. The molecule has 0 spiro atoms. The van der Waals surface area contributed by atoms with Gasteiger partial charge < -0.3 is 24.1 Å². The number of ether oxygens (including phenoxy) is 3. The molecule has 2 heterocycles. The Morgan fingerprint density at radius 2 is 1.93 bits per heavy atom. The van der Waals surface area contributed by atoms with E-state index in [0.29, 0.717) is 41.3 Å². The number of nitrogens with one attached hydrogen (secondary N) is 1. The van der Waals surface area contributed by atoms with Crippen LogP contribution in [0.5, 0.6) is 11.5 Å². The summed E-state index contributed by atoms with van der Waals surface area (Å²) in [5, 5.41) is 0.862. The molecule has 0 unspecified atom stereocenters. The van der Waals surface area contributed by atoms with Crippen LogP contribution in [-0.2, 0) is 16.1 Å². The van der Waals surface area contributed by atoms with Gasteiger partial charge in [0.15, 0.2) is 0 Å². The summed E-state index contributed by atoms with van der Waals surface area (Å²) in [7, 11) is 3.16. The third-order valence-corrected chi connectivity index (χ3v) is 5.29. The van der Waals surface area contributed by atoms with Gasteiger partial charge in [-0.3, -0.25) is 9.59 Å². The third kappa shape index (κ3) is 4.02. The standard InChI is InChI=1S/C23H24N2O5/c1-28-18-6-3-5-17(12-18)25(23(27)21-7-4-10-30-21)14-16-11-15-8-9-19(29-2)13-20(15)24-22(16)26/h3,5-6,8-9,11-13,21H,4,7,10,14H2,1-2H3,(H,24,26)/t21-/m0/s1. The first-order valence-corrected chi connectivity index (χ1v) is 9.86. The number of hydrogen-bond acceptors (Lipinski definition) is 5. The molecule has 0 saturated carbocycles. The molecular formula is C23H24N2O5. The molecule has 0 aliphatic carbocycles. The van der Waals surface area contributed by atoms with Crippen LogP contribution >= 0.6 is 0 Å². The van der Waals surface area contributed by atoms with Crippen molar-refractivity contribution in [2.45, 2.75) is 25.5 Å². The molecule has 1 saturated heterocycles. The van der Waals surface area contributed by atoms with Crippen LogP contribution in [0.2, 0.25) is 0 Å². The van der Waals surface area contributed by atoms with Gasteiger partial charge in [-0.2, -0.15) is 0 Å². The second-order valence-electron chi connectivity index (χ2n) is 7.20. The summed E-state index contributed by atoms with van der Waals surface area (Å²) < 4.78 is 16.2. The zero-order chi connectivity index (χ0) is 21.1. The van der Waals surface area contributed by atoms with Gasteiger partial charge in [0.25, 0.3) is 11.5 Å². The number of methoxy groups -OCH3 is 2. The molecule has 4 rings (SSSR count). The number of aromatic nitrogens is 1. The lowest BCUT2D eigenvalue weighted by atomic mass is 10.1. The molecule has 0 radical (unpaired) electrons. The van der Waals surface area contributed by atoms with Gasteiger partial charge in [-0.15, -0.1) is 0 Å². The number of nitrogens with zero attached hydrogens (tertiary/aromatic N) is 1. The third-order valence-electron chi connectivity index (χ3n) is 5.29. The number of carbonyl (C=O) groups is 1. The van der Waals surface area contributed by atoms with Gasteiger partial charge >= 0.3 is 0 Å². The van der Waals surface area contributed by atoms with Crippen molar-refractivity contribution in [1.82, 2.24) is 4.98 Å². The van der Waals surface area contributed by atoms with E-state index in [-0.39, 0.29) is 18.0 Å². The molecule has 3 aromatic rings. The maximum atomic E-state index is 13.2. The number of anilines is 1. The maximum Gasteiger partial charge on any atom is 0.256 e. The molecule has 30 heavy (non-hydrogen) atoms. The second-order valence-corrected chi connectivity index (χ2v) is 7.20. The topological polar surface area (TPSA) is 80.9 Å². The Morgan fingerprint density at radius 3 is 2.67 bits per heavy atom. The van der Waals surface area contributed by atoms with Crippen LogP contribution in [0.4, 0.5) is 5.69 Å². The summed E-state index contributed by atoms with van der Waals surface area (Å²) in [6.07, 6.45) is 1.02. The Labute approximate surface area is 174 Å². The van der Waals surface area contributed by atoms with Crippen LogP contribution in [0.3, 0.4) is 0 Å². The summed E-state index contributed by atoms with van der Waals surface area (Å²) in [6.45, 7) is 0.698. The fourth-order valence-electron chi connectivity index (χ4n) is 3.66. The zero-order valence-electron chi connectivity index (χ0n) is 17.0. The fourth-order valence-corrected chi connectivity index (χ4v) is 3.66. The van der Waals surface area contributed by atoms with Crippen LogP contribution in [-0.4, -0.2) is 37.8 Å². The van der Waals surface area contributed by atoms with E-state index in [1.165, 1.54) is 0 Å². The predicted molar refractivity (Wildman–Crippen MR) is 114 cm³/mol. The Bertz CT molecular complexity index is 1120. The van der Waals surface area contributed by atoms with Crippen LogP contribution in [0, 0.1) is 0 Å². The smallest absolute Gasteiger partial charge is 0.256 e. The van der Waals surface area contributed by atoms with Gasteiger partial charge in [0.2, 0.25) is 0 Å². The van der Waals surface area contributed by atoms with E-state index >= 15 is 0 Å². The highest BCUT2D eigenvalue weighted by molar-refractivity contribution is 5.97. The van der Waals surface area contributed by atoms with E-state index in [2.05, 4.69) is 4.98 Å². The molecule has 2 aromatic carbocycles. The highest BCUT2D eigenvalue weighted by Crippen LogP contribution is 2.26. The van der Waals surface area contributed by atoms with Crippen LogP contribution < -0.4 is 19.9 Å². The first kappa shape index (κ1) is 20.0. The van der Waals surface area contributed by atoms with E-state index in [1.807, 2.05) is 36.4 Å². The lowest BCUT2D eigenvalue weighted by molar-refractivity contribution is -0.127. The molecule has 1 amide bonds. The number of amides is 1. The SMILES string of the molecule is COc1cccc(N(Cc2cc3ccc(OC)cc3[nH]c2=O)C(=O)[C@@H]2CCCO2)c1. The average molecular weight is 408 g/mol. The fraction of sp³-hybridized carbons (Fsp3) is 0.304. The molecule has 1 aliphatic heterocycles. The van der Waals surface area contributed by atoms with E-state index in [4.69, 9.17) is 14.2 Å². The summed E-state index contributed by atoms with van der Waals surface area (Å²) >= 11 is 0. The number of hydrogen-bond donors (Lipinski definition) is 1. The molecule has 7 nitrogen and oxygen atoms in total. The van der Waals surface area contributed by atoms with Gasteiger partial charge in [0.05, 0.1) is 26.3 Å². The molecule has 1 fully saturated rings. The normalized spacial score (nSPS) is 15.9. The summed E-state index contributed by atoms with van der Waals surface area (Å²) in [6, 6.07) is 14.5. The van der Waals surface area contributed by atoms with Crippen molar-refractivity contribution in [2.75, 3.05) is 25.7 Å². The maximum absolute atomic E-state index is 13.2. The summed E-state index contributed by atoms with van der Waals surface area (Å²) in [4.78, 5) is 30.5. The molecular weight excluding hydrogens is 384 g/mol. The molecule has 7 heteroatoms. The minimum Gasteiger partial charge on any atom is -0.497 e. The quantitative estimate of drug-likeness (QED) is 0.677. The minimum absolute atomic E-state index is 0.128. The van der Waals surface area contributed by atoms with Crippen molar-refractivity contribution < 1.29 is 19.0 Å². The van der Waals surface area contributed by atoms with Gasteiger partial charge in [0.1, 0.15) is 17.6 Å². The van der Waals surface area contributed by atoms with Crippen molar-refractivity contribution in [1.29, 1.82) is 0 Å². The van der Waals surface area contributed by atoms with E-state index in [9.17, 15) is 9.59 Å². The number of fused-ring (bicyclic) bond motifs is 1. The number of benzene rings is 2. The lowest BCUT2D eigenvalue weighted by Gasteiger charge is -2.25. The molecule has 156 valence electrons. The van der Waals surface area contributed by atoms with Crippen molar-refractivity contribution in [2.24, 2.45) is 0 Å². The number of pyridine rings is 1. The van der Waals surface area contributed by atoms with Crippen molar-refractivity contribution >= 4 is 22.5 Å². The predicted octanol–water partition coefficient (Wildman–Crippen LogP) is 3.26. The number of H-pyrrole nitrogens is 1. The van der Waals surface area contributed by atoms with E-state index in [1.54, 1.807) is 31.3 Å². The number of carbonyl (C=O) groups excluding carboxylic acids is 1. The van der Waals surface area contributed by atoms with E-state index in [0.717, 1.165) is 11.8 Å². The van der Waals surface area contributed by atoms with Crippen LogP contribution in [0.15, 0.2) is 53.3 Å². The Hall–Kier alpha value is -3.32. The summed E-state index contributed by atoms with van der Waals surface area (Å²) in [5.74, 6) is 1.14. The van der Waals surface area contributed by atoms with Crippen LogP contribution in [0.25, 0.3) is 10.9 Å². The highest BCUT2D eigenvalue weighted by Gasteiger charge is 2.30. The van der Waals surface area contributed by atoms with E-state index < -0.39 is 6.10 Å². The monoisotopic (exact) mass is 408 g/mol. The molecule has 1 N–H and O–H groups in total. The van der Waals surface area contributed by atoms with Crippen molar-refractivity contribution in [3.05, 3.63) is 64.4 Å². The number of aromatic amines is 1. The Morgan fingerprint density at radius 1 is 1.13 bits per heavy atom. The first-order valence-electron chi connectivity index (χ1n) is 9.86. The summed E-state index contributed by atoms with van der Waals surface area (Å²) in [5.41, 5.74) is 1.58. The van der Waals surface area contributed by atoms with Gasteiger partial charge in [-0.05, 0) is 48.6 Å². The largest absolute Gasteiger partial charge is 0.497 e. The van der Waals surface area contributed by atoms with Crippen LogP contribution in [0.1, 0.15) is 18.4 Å². The Balaban J connectivity index is 1.73. The van der Waals surface area contributed by atoms with Crippen molar-refractivity contribution in [3.63, 3.8) is 0 Å². The molecule has 1 atom stereocenters. The lowest BCUT2D eigenvalue weighted by Crippen LogP contribution is -2.39. The molecule has 1 aliphatic rings. The van der Waals surface area contributed by atoms with Gasteiger partial charge in [-0.1, -0.05) is 6.07 Å². The highest BCUT2D eigenvalue weighted by atomic mass is 16.5. The van der Waals surface area contributed by atoms with Gasteiger partial charge in [-0.25, -0.2) is 0 Å². The Kier molecular flexibility index (Phi) is 5.72.